The molecule has 0 radical (unpaired) electrons. The molecule has 0 heterocycles. The smallest absolute Gasteiger partial charge is 0.195 e. The quantitative estimate of drug-likeness (QED) is 0.221. The highest BCUT2D eigenvalue weighted by molar-refractivity contribution is 7.95. The number of carbonyl (C=O) groups excluding carboxylic acids is 2. The summed E-state index contributed by atoms with van der Waals surface area (Å²) in [6.07, 6.45) is 0.724. The molecule has 6 aromatic rings. The average Bonchev–Trinajstić information content (AvgIpc) is 3.03. The maximum atomic E-state index is 13.9. The van der Waals surface area contributed by atoms with Crippen LogP contribution in [0.15, 0.2) is 146 Å². The third-order valence-corrected chi connectivity index (χ3v) is 12.4. The second-order valence-corrected chi connectivity index (χ2v) is 13.7. The molecule has 40 heavy (non-hydrogen) atoms. The van der Waals surface area contributed by atoms with Crippen LogP contribution in [0.4, 0.5) is 0 Å². The summed E-state index contributed by atoms with van der Waals surface area (Å²) in [6.45, 7) is 0. The Morgan fingerprint density at radius 3 is 1.38 bits per heavy atom. The van der Waals surface area contributed by atoms with E-state index in [0.29, 0.717) is 22.3 Å². The van der Waals surface area contributed by atoms with Crippen molar-refractivity contribution in [3.8, 4) is 0 Å². The third kappa shape index (κ3) is 3.76. The van der Waals surface area contributed by atoms with Crippen LogP contribution in [-0.2, 0) is 6.16 Å². The maximum absolute atomic E-state index is 13.9. The average molecular weight is 534 g/mol. The number of fused-ring (bicyclic) bond motifs is 4. The molecule has 0 spiro atoms. The highest BCUT2D eigenvalue weighted by atomic mass is 31.2. The fourth-order valence-corrected chi connectivity index (χ4v) is 10.4. The molecule has 1 aliphatic carbocycles. The SMILES string of the molecule is O=C1c2ccccc2C(=O)c2c1cc(C[P+](c1ccccc1)(c1ccccc1)c1ccccc1)c1ccccc21. The minimum Gasteiger partial charge on any atom is -0.289 e. The van der Waals surface area contributed by atoms with Gasteiger partial charge in [-0.05, 0) is 58.8 Å². The zero-order valence-corrected chi connectivity index (χ0v) is 22.7. The van der Waals surface area contributed by atoms with Crippen molar-refractivity contribution in [2.75, 3.05) is 0 Å². The maximum Gasteiger partial charge on any atom is 0.195 e. The van der Waals surface area contributed by atoms with Crippen molar-refractivity contribution in [3.05, 3.63) is 173 Å². The number of benzene rings is 6. The molecule has 190 valence electrons. The Labute approximate surface area is 234 Å². The second kappa shape index (κ2) is 9.83. The lowest BCUT2D eigenvalue weighted by Gasteiger charge is -2.29. The Morgan fingerprint density at radius 2 is 0.850 bits per heavy atom. The van der Waals surface area contributed by atoms with Gasteiger partial charge in [0.2, 0.25) is 0 Å². The number of hydrogen-bond donors (Lipinski definition) is 0. The van der Waals surface area contributed by atoms with Gasteiger partial charge in [-0.2, -0.15) is 0 Å². The molecule has 2 nitrogen and oxygen atoms in total. The van der Waals surface area contributed by atoms with Gasteiger partial charge in [0.15, 0.2) is 11.6 Å². The Hall–Kier alpha value is -4.65. The van der Waals surface area contributed by atoms with E-state index in [1.165, 1.54) is 15.9 Å². The minimum atomic E-state index is -2.21. The lowest BCUT2D eigenvalue weighted by Crippen LogP contribution is -2.32. The number of carbonyl (C=O) groups is 2. The molecule has 0 amide bonds. The van der Waals surface area contributed by atoms with Crippen LogP contribution < -0.4 is 15.9 Å². The van der Waals surface area contributed by atoms with Gasteiger partial charge >= 0.3 is 0 Å². The first-order chi connectivity index (χ1) is 19.7. The van der Waals surface area contributed by atoms with Crippen LogP contribution >= 0.6 is 7.26 Å². The molecular formula is C37H26O2P+. The molecule has 6 aromatic carbocycles. The fourth-order valence-electron chi connectivity index (χ4n) is 6.19. The van der Waals surface area contributed by atoms with E-state index in [1.807, 2.05) is 36.4 Å². The van der Waals surface area contributed by atoms with Crippen molar-refractivity contribution >= 4 is 45.5 Å². The molecule has 7 rings (SSSR count). The predicted molar refractivity (Wildman–Crippen MR) is 166 cm³/mol. The molecule has 0 unspecified atom stereocenters. The molecule has 0 atom stereocenters. The summed E-state index contributed by atoms with van der Waals surface area (Å²) in [6, 6.07) is 49.5. The van der Waals surface area contributed by atoms with Crippen LogP contribution in [-0.4, -0.2) is 11.6 Å². The molecular weight excluding hydrogens is 507 g/mol. The van der Waals surface area contributed by atoms with Crippen LogP contribution in [0, 0.1) is 0 Å². The molecule has 3 heteroatoms. The largest absolute Gasteiger partial charge is 0.289 e. The molecule has 0 aliphatic heterocycles. The predicted octanol–water partition coefficient (Wildman–Crippen LogP) is 7.11. The summed E-state index contributed by atoms with van der Waals surface area (Å²) in [7, 11) is -2.21. The summed E-state index contributed by atoms with van der Waals surface area (Å²) >= 11 is 0. The lowest BCUT2D eigenvalue weighted by atomic mass is 9.80. The van der Waals surface area contributed by atoms with Gasteiger partial charge in [0.25, 0.3) is 0 Å². The summed E-state index contributed by atoms with van der Waals surface area (Å²) in [5, 5.41) is 5.70. The Kier molecular flexibility index (Phi) is 5.99. The molecule has 0 saturated heterocycles. The lowest BCUT2D eigenvalue weighted by molar-refractivity contribution is 0.0980. The van der Waals surface area contributed by atoms with Gasteiger partial charge < -0.3 is 0 Å². The molecule has 0 bridgehead atoms. The van der Waals surface area contributed by atoms with E-state index in [1.54, 1.807) is 12.1 Å². The summed E-state index contributed by atoms with van der Waals surface area (Å²) in [5.74, 6) is -0.163. The van der Waals surface area contributed by atoms with Gasteiger partial charge in [0.05, 0.1) is 6.16 Å². The highest BCUT2D eigenvalue weighted by Gasteiger charge is 2.46. The van der Waals surface area contributed by atoms with Crippen molar-refractivity contribution in [2.24, 2.45) is 0 Å². The zero-order chi connectivity index (χ0) is 27.1. The number of ketones is 2. The van der Waals surface area contributed by atoms with E-state index in [2.05, 4.69) is 97.1 Å². The normalized spacial score (nSPS) is 12.7. The van der Waals surface area contributed by atoms with Crippen molar-refractivity contribution in [2.45, 2.75) is 6.16 Å². The summed E-state index contributed by atoms with van der Waals surface area (Å²) in [4.78, 5) is 27.7. The van der Waals surface area contributed by atoms with Crippen LogP contribution in [0.2, 0.25) is 0 Å². The summed E-state index contributed by atoms with van der Waals surface area (Å²) in [5.41, 5.74) is 3.07. The highest BCUT2D eigenvalue weighted by Crippen LogP contribution is 2.59. The van der Waals surface area contributed by atoms with Gasteiger partial charge in [0.1, 0.15) is 23.2 Å². The van der Waals surface area contributed by atoms with Gasteiger partial charge in [0, 0.05) is 22.3 Å². The molecule has 0 aromatic heterocycles. The zero-order valence-electron chi connectivity index (χ0n) is 21.8. The van der Waals surface area contributed by atoms with E-state index in [4.69, 9.17) is 0 Å². The van der Waals surface area contributed by atoms with Crippen LogP contribution in [0.1, 0.15) is 37.4 Å². The van der Waals surface area contributed by atoms with Crippen molar-refractivity contribution < 1.29 is 9.59 Å². The monoisotopic (exact) mass is 533 g/mol. The fraction of sp³-hybridized carbons (Fsp3) is 0.0270. The molecule has 0 fully saturated rings. The van der Waals surface area contributed by atoms with Crippen molar-refractivity contribution in [1.29, 1.82) is 0 Å². The minimum absolute atomic E-state index is 0.0804. The van der Waals surface area contributed by atoms with Crippen molar-refractivity contribution in [1.82, 2.24) is 0 Å². The van der Waals surface area contributed by atoms with Crippen molar-refractivity contribution in [3.63, 3.8) is 0 Å². The molecule has 0 N–H and O–H groups in total. The topological polar surface area (TPSA) is 34.1 Å². The molecule has 1 aliphatic rings. The first kappa shape index (κ1) is 24.4. The second-order valence-electron chi connectivity index (χ2n) is 10.2. The number of rotatable bonds is 5. The first-order valence-corrected chi connectivity index (χ1v) is 15.4. The first-order valence-electron chi connectivity index (χ1n) is 13.5. The van der Waals surface area contributed by atoms with Gasteiger partial charge in [-0.3, -0.25) is 9.59 Å². The Bertz CT molecular complexity index is 1800. The Morgan fingerprint density at radius 1 is 0.425 bits per heavy atom. The van der Waals surface area contributed by atoms with Gasteiger partial charge in [-0.15, -0.1) is 0 Å². The van der Waals surface area contributed by atoms with Crippen LogP contribution in [0.5, 0.6) is 0 Å². The van der Waals surface area contributed by atoms with Gasteiger partial charge in [-0.25, -0.2) is 0 Å². The Balaban J connectivity index is 1.54. The van der Waals surface area contributed by atoms with Crippen LogP contribution in [0.3, 0.4) is 0 Å². The van der Waals surface area contributed by atoms with E-state index in [0.717, 1.165) is 22.5 Å². The van der Waals surface area contributed by atoms with Gasteiger partial charge in [-0.1, -0.05) is 103 Å². The van der Waals surface area contributed by atoms with Crippen LogP contribution in [0.25, 0.3) is 10.8 Å². The number of hydrogen-bond acceptors (Lipinski definition) is 2. The summed E-state index contributed by atoms with van der Waals surface area (Å²) < 4.78 is 0. The van der Waals surface area contributed by atoms with E-state index in [9.17, 15) is 9.59 Å². The van der Waals surface area contributed by atoms with E-state index >= 15 is 0 Å². The van der Waals surface area contributed by atoms with E-state index in [-0.39, 0.29) is 11.6 Å². The van der Waals surface area contributed by atoms with E-state index < -0.39 is 7.26 Å². The third-order valence-electron chi connectivity index (χ3n) is 8.02. The standard InChI is InChI=1S/C37H26O2P/c38-36-32-22-12-13-23-33(32)37(39)35-31-21-11-10-20-30(31)26(24-34(35)36)25-40(27-14-4-1-5-15-27,28-16-6-2-7-17-28)29-18-8-3-9-19-29/h1-24H,25H2/q+1. The molecule has 0 saturated carbocycles.